The summed E-state index contributed by atoms with van der Waals surface area (Å²) in [5.41, 5.74) is 8.15. The molecule has 0 saturated carbocycles. The third-order valence-electron chi connectivity index (χ3n) is 1.90. The van der Waals surface area contributed by atoms with Crippen molar-refractivity contribution in [2.75, 3.05) is 5.73 Å². The highest BCUT2D eigenvalue weighted by Gasteiger charge is 2.18. The fraction of sp³-hybridized carbons (Fsp3) is 0.400. The normalized spacial score (nSPS) is 11.8. The van der Waals surface area contributed by atoms with Crippen LogP contribution in [0, 0.1) is 3.57 Å². The van der Waals surface area contributed by atoms with Gasteiger partial charge in [0.05, 0.1) is 0 Å². The number of benzene rings is 1. The van der Waals surface area contributed by atoms with Crippen LogP contribution in [0.4, 0.5) is 5.69 Å². The third kappa shape index (κ3) is 2.59. The largest absolute Gasteiger partial charge is 0.398 e. The van der Waals surface area contributed by atoms with Gasteiger partial charge in [0.1, 0.15) is 0 Å². The molecule has 1 aromatic rings. The molecule has 0 aliphatic carbocycles. The minimum Gasteiger partial charge on any atom is -0.398 e. The van der Waals surface area contributed by atoms with Gasteiger partial charge in [-0.1, -0.05) is 20.8 Å². The zero-order chi connectivity index (χ0) is 10.2. The smallest absolute Gasteiger partial charge is 0.0497 e. The maximum Gasteiger partial charge on any atom is 0.0497 e. The van der Waals surface area contributed by atoms with E-state index < -0.39 is 0 Å². The first kappa shape index (κ1) is 11.3. The topological polar surface area (TPSA) is 26.0 Å². The average Bonchev–Trinajstić information content (AvgIpc) is 1.94. The SMILES string of the molecule is CC(C)(C)c1cc(I)cc(Br)c1N. The van der Waals surface area contributed by atoms with Crippen LogP contribution >= 0.6 is 38.5 Å². The lowest BCUT2D eigenvalue weighted by Gasteiger charge is -2.22. The Morgan fingerprint density at radius 3 is 2.31 bits per heavy atom. The standard InChI is InChI=1S/C10H13BrIN/c1-10(2,3)7-4-6(12)5-8(11)9(7)13/h4-5H,13H2,1-3H3. The Morgan fingerprint density at radius 2 is 1.85 bits per heavy atom. The molecule has 1 rings (SSSR count). The molecular formula is C10H13BrIN. The second-order valence-electron chi connectivity index (χ2n) is 4.10. The van der Waals surface area contributed by atoms with Crippen LogP contribution in [0.1, 0.15) is 26.3 Å². The minimum atomic E-state index is 0.105. The molecule has 0 aliphatic heterocycles. The molecule has 3 heteroatoms. The number of anilines is 1. The Labute approximate surface area is 101 Å². The van der Waals surface area contributed by atoms with Crippen molar-refractivity contribution in [2.24, 2.45) is 0 Å². The lowest BCUT2D eigenvalue weighted by molar-refractivity contribution is 0.592. The van der Waals surface area contributed by atoms with Gasteiger partial charge in [-0.15, -0.1) is 0 Å². The van der Waals surface area contributed by atoms with Gasteiger partial charge < -0.3 is 5.73 Å². The molecule has 1 aromatic carbocycles. The molecule has 0 amide bonds. The van der Waals surface area contributed by atoms with Crippen LogP contribution < -0.4 is 5.73 Å². The molecular weight excluding hydrogens is 341 g/mol. The summed E-state index contributed by atoms with van der Waals surface area (Å²) < 4.78 is 2.20. The summed E-state index contributed by atoms with van der Waals surface area (Å²) in [4.78, 5) is 0. The van der Waals surface area contributed by atoms with Crippen LogP contribution in [-0.2, 0) is 5.41 Å². The van der Waals surface area contributed by atoms with Gasteiger partial charge in [0.2, 0.25) is 0 Å². The van der Waals surface area contributed by atoms with Crippen LogP contribution in [-0.4, -0.2) is 0 Å². The van der Waals surface area contributed by atoms with E-state index in [1.54, 1.807) is 0 Å². The quantitative estimate of drug-likeness (QED) is 0.555. The maximum absolute atomic E-state index is 5.99. The number of halogens is 2. The summed E-state index contributed by atoms with van der Waals surface area (Å²) in [6.45, 7) is 6.50. The van der Waals surface area contributed by atoms with Crippen LogP contribution in [0.5, 0.6) is 0 Å². The number of nitrogen functional groups attached to an aromatic ring is 1. The second kappa shape index (κ2) is 3.77. The van der Waals surface area contributed by atoms with Crippen molar-refractivity contribution in [3.63, 3.8) is 0 Å². The highest BCUT2D eigenvalue weighted by Crippen LogP contribution is 2.34. The van der Waals surface area contributed by atoms with Crippen molar-refractivity contribution in [1.29, 1.82) is 0 Å². The monoisotopic (exact) mass is 353 g/mol. The minimum absolute atomic E-state index is 0.105. The lowest BCUT2D eigenvalue weighted by Crippen LogP contribution is -2.14. The molecule has 0 saturated heterocycles. The van der Waals surface area contributed by atoms with Crippen molar-refractivity contribution in [3.8, 4) is 0 Å². The van der Waals surface area contributed by atoms with Crippen LogP contribution in [0.25, 0.3) is 0 Å². The Hall–Kier alpha value is 0.230. The second-order valence-corrected chi connectivity index (χ2v) is 6.20. The van der Waals surface area contributed by atoms with Crippen molar-refractivity contribution < 1.29 is 0 Å². The van der Waals surface area contributed by atoms with Crippen molar-refractivity contribution in [1.82, 2.24) is 0 Å². The van der Waals surface area contributed by atoms with Crippen molar-refractivity contribution in [2.45, 2.75) is 26.2 Å². The van der Waals surface area contributed by atoms with Crippen molar-refractivity contribution >= 4 is 44.2 Å². The first-order valence-corrected chi connectivity index (χ1v) is 5.94. The van der Waals surface area contributed by atoms with Gasteiger partial charge >= 0.3 is 0 Å². The summed E-state index contributed by atoms with van der Waals surface area (Å²) in [6.07, 6.45) is 0. The first-order valence-electron chi connectivity index (χ1n) is 4.07. The Bertz CT molecular complexity index is 328. The van der Waals surface area contributed by atoms with Crippen LogP contribution in [0.3, 0.4) is 0 Å². The lowest BCUT2D eigenvalue weighted by atomic mass is 9.86. The molecule has 13 heavy (non-hydrogen) atoms. The molecule has 72 valence electrons. The van der Waals surface area contributed by atoms with E-state index in [-0.39, 0.29) is 5.41 Å². The Balaban J connectivity index is 3.37. The molecule has 0 atom stereocenters. The number of rotatable bonds is 0. The van der Waals surface area contributed by atoms with Gasteiger partial charge in [0.25, 0.3) is 0 Å². The molecule has 0 aromatic heterocycles. The van der Waals surface area contributed by atoms with Gasteiger partial charge in [0.15, 0.2) is 0 Å². The van der Waals surface area contributed by atoms with Gasteiger partial charge in [-0.05, 0) is 61.6 Å². The average molecular weight is 354 g/mol. The predicted octanol–water partition coefficient (Wildman–Crippen LogP) is 3.93. The van der Waals surface area contributed by atoms with E-state index in [0.717, 1.165) is 10.2 Å². The Kier molecular flexibility index (Phi) is 3.28. The van der Waals surface area contributed by atoms with E-state index in [1.807, 2.05) is 6.07 Å². The van der Waals surface area contributed by atoms with Gasteiger partial charge in [-0.25, -0.2) is 0 Å². The molecule has 0 radical (unpaired) electrons. The fourth-order valence-corrected chi connectivity index (χ4v) is 2.72. The summed E-state index contributed by atoms with van der Waals surface area (Å²) in [5, 5.41) is 0. The third-order valence-corrected chi connectivity index (χ3v) is 3.18. The highest BCUT2D eigenvalue weighted by molar-refractivity contribution is 14.1. The molecule has 0 heterocycles. The van der Waals surface area contributed by atoms with E-state index in [9.17, 15) is 0 Å². The molecule has 0 spiro atoms. The molecule has 2 N–H and O–H groups in total. The van der Waals surface area contributed by atoms with Crippen LogP contribution in [0.2, 0.25) is 0 Å². The summed E-state index contributed by atoms with van der Waals surface area (Å²) in [7, 11) is 0. The van der Waals surface area contributed by atoms with Gasteiger partial charge in [-0.3, -0.25) is 0 Å². The van der Waals surface area contributed by atoms with Crippen LogP contribution in [0.15, 0.2) is 16.6 Å². The molecule has 0 fully saturated rings. The predicted molar refractivity (Wildman–Crippen MR) is 70.0 cm³/mol. The van der Waals surface area contributed by atoms with Gasteiger partial charge in [-0.2, -0.15) is 0 Å². The fourth-order valence-electron chi connectivity index (χ4n) is 1.21. The number of hydrogen-bond donors (Lipinski definition) is 1. The number of hydrogen-bond acceptors (Lipinski definition) is 1. The van der Waals surface area contributed by atoms with E-state index in [0.29, 0.717) is 0 Å². The van der Waals surface area contributed by atoms with Crippen molar-refractivity contribution in [3.05, 3.63) is 25.7 Å². The van der Waals surface area contributed by atoms with E-state index >= 15 is 0 Å². The molecule has 0 bridgehead atoms. The molecule has 0 unspecified atom stereocenters. The zero-order valence-electron chi connectivity index (χ0n) is 7.99. The zero-order valence-corrected chi connectivity index (χ0v) is 11.7. The highest BCUT2D eigenvalue weighted by atomic mass is 127. The van der Waals surface area contributed by atoms with Gasteiger partial charge in [0, 0.05) is 13.7 Å². The summed E-state index contributed by atoms with van der Waals surface area (Å²) in [6, 6.07) is 4.17. The first-order chi connectivity index (χ1) is 5.82. The van der Waals surface area contributed by atoms with E-state index in [1.165, 1.54) is 9.13 Å². The summed E-state index contributed by atoms with van der Waals surface area (Å²) >= 11 is 5.76. The van der Waals surface area contributed by atoms with E-state index in [2.05, 4.69) is 65.4 Å². The van der Waals surface area contributed by atoms with E-state index in [4.69, 9.17) is 5.73 Å². The Morgan fingerprint density at radius 1 is 1.31 bits per heavy atom. The maximum atomic E-state index is 5.99. The summed E-state index contributed by atoms with van der Waals surface area (Å²) in [5.74, 6) is 0. The number of nitrogens with two attached hydrogens (primary N) is 1. The molecule has 1 nitrogen and oxygen atoms in total. The molecule has 0 aliphatic rings.